The summed E-state index contributed by atoms with van der Waals surface area (Å²) >= 11 is 0. The molecule has 7 heteroatoms. The van der Waals surface area contributed by atoms with Gasteiger partial charge in [-0.3, -0.25) is 9.79 Å². The van der Waals surface area contributed by atoms with E-state index >= 15 is 0 Å². The Kier molecular flexibility index (Phi) is 7.78. The molecule has 0 bridgehead atoms. The third-order valence-corrected chi connectivity index (χ3v) is 4.46. The van der Waals surface area contributed by atoms with E-state index in [1.807, 2.05) is 6.92 Å². The second-order valence-electron chi connectivity index (χ2n) is 6.49. The molecule has 1 N–H and O–H groups in total. The van der Waals surface area contributed by atoms with Crippen LogP contribution in [0.15, 0.2) is 4.99 Å². The van der Waals surface area contributed by atoms with Gasteiger partial charge >= 0.3 is 5.97 Å². The number of nitrogens with zero attached hydrogens (tertiary/aromatic N) is 3. The molecule has 0 spiro atoms. The highest BCUT2D eigenvalue weighted by atomic mass is 16.5. The summed E-state index contributed by atoms with van der Waals surface area (Å²) in [7, 11) is 2.11. The minimum atomic E-state index is -0.0877. The van der Waals surface area contributed by atoms with Gasteiger partial charge in [-0.15, -0.1) is 0 Å². The lowest BCUT2D eigenvalue weighted by Crippen LogP contribution is -2.49. The molecule has 0 aromatic heterocycles. The molecule has 2 saturated heterocycles. The Morgan fingerprint density at radius 1 is 1.33 bits per heavy atom. The van der Waals surface area contributed by atoms with E-state index in [9.17, 15) is 4.79 Å². The summed E-state index contributed by atoms with van der Waals surface area (Å²) in [5.41, 5.74) is 0. The second-order valence-corrected chi connectivity index (χ2v) is 6.49. The third-order valence-electron chi connectivity index (χ3n) is 4.46. The van der Waals surface area contributed by atoms with Crippen molar-refractivity contribution in [3.8, 4) is 0 Å². The third kappa shape index (κ3) is 5.63. The summed E-state index contributed by atoms with van der Waals surface area (Å²) in [5, 5.41) is 3.35. The topological polar surface area (TPSA) is 66.4 Å². The number of carbonyl (C=O) groups excluding carboxylic acids is 1. The van der Waals surface area contributed by atoms with Crippen LogP contribution in [0.25, 0.3) is 0 Å². The van der Waals surface area contributed by atoms with Gasteiger partial charge in [-0.2, -0.15) is 0 Å². The highest BCUT2D eigenvalue weighted by Gasteiger charge is 2.28. The average Bonchev–Trinajstić information content (AvgIpc) is 2.59. The van der Waals surface area contributed by atoms with Crippen molar-refractivity contribution in [2.75, 3.05) is 59.5 Å². The van der Waals surface area contributed by atoms with Gasteiger partial charge in [0.1, 0.15) is 0 Å². The Hall–Kier alpha value is -1.34. The number of nitrogens with one attached hydrogen (secondary N) is 1. The number of guanidine groups is 1. The van der Waals surface area contributed by atoms with Crippen molar-refractivity contribution in [3.63, 3.8) is 0 Å². The number of hydrogen-bond donors (Lipinski definition) is 1. The van der Waals surface area contributed by atoms with Crippen LogP contribution in [0.4, 0.5) is 0 Å². The molecule has 0 aromatic carbocycles. The van der Waals surface area contributed by atoms with Crippen LogP contribution in [0.2, 0.25) is 0 Å². The summed E-state index contributed by atoms with van der Waals surface area (Å²) in [6.45, 7) is 10.1. The monoisotopic (exact) mass is 340 g/mol. The molecule has 138 valence electrons. The van der Waals surface area contributed by atoms with E-state index in [-0.39, 0.29) is 18.0 Å². The summed E-state index contributed by atoms with van der Waals surface area (Å²) in [6.07, 6.45) is 2.02. The van der Waals surface area contributed by atoms with E-state index < -0.39 is 0 Å². The molecule has 0 aliphatic carbocycles. The molecule has 7 nitrogen and oxygen atoms in total. The van der Waals surface area contributed by atoms with Crippen LogP contribution < -0.4 is 5.32 Å². The van der Waals surface area contributed by atoms with Crippen molar-refractivity contribution < 1.29 is 14.3 Å². The molecule has 0 saturated carbocycles. The first-order valence-corrected chi connectivity index (χ1v) is 9.14. The fraction of sp³-hybridized carbons (Fsp3) is 0.882. The molecule has 2 fully saturated rings. The van der Waals surface area contributed by atoms with Crippen molar-refractivity contribution in [1.82, 2.24) is 15.1 Å². The lowest BCUT2D eigenvalue weighted by atomic mass is 9.98. The van der Waals surface area contributed by atoms with Gasteiger partial charge in [0.25, 0.3) is 0 Å². The van der Waals surface area contributed by atoms with Gasteiger partial charge in [-0.25, -0.2) is 0 Å². The van der Waals surface area contributed by atoms with Gasteiger partial charge in [-0.1, -0.05) is 0 Å². The van der Waals surface area contributed by atoms with Crippen LogP contribution in [0.5, 0.6) is 0 Å². The summed E-state index contributed by atoms with van der Waals surface area (Å²) in [4.78, 5) is 21.2. The molecule has 2 atom stereocenters. The number of aliphatic imine (C=N–C) groups is 1. The standard InChI is InChI=1S/C17H32N4O3/c1-4-18-17(19-11-15-13-20(3)9-10-24-15)21-8-6-7-14(12-21)16(22)23-5-2/h14-15H,4-13H2,1-3H3,(H,18,19). The Balaban J connectivity index is 1.95. The van der Waals surface area contributed by atoms with E-state index in [1.165, 1.54) is 0 Å². The molecule has 2 unspecified atom stereocenters. The molecule has 0 amide bonds. The predicted molar refractivity (Wildman–Crippen MR) is 94.1 cm³/mol. The van der Waals surface area contributed by atoms with Gasteiger partial charge in [0, 0.05) is 32.7 Å². The van der Waals surface area contributed by atoms with Crippen LogP contribution in [0.1, 0.15) is 26.7 Å². The van der Waals surface area contributed by atoms with E-state index in [0.717, 1.165) is 51.6 Å². The number of carbonyl (C=O) groups is 1. The lowest BCUT2D eigenvalue weighted by molar-refractivity contribution is -0.149. The normalized spacial score (nSPS) is 26.3. The Morgan fingerprint density at radius 3 is 2.88 bits per heavy atom. The van der Waals surface area contributed by atoms with Crippen molar-refractivity contribution in [2.45, 2.75) is 32.8 Å². The van der Waals surface area contributed by atoms with Gasteiger partial charge in [-0.05, 0) is 33.7 Å². The van der Waals surface area contributed by atoms with Gasteiger partial charge in [0.05, 0.1) is 31.8 Å². The average molecular weight is 340 g/mol. The number of likely N-dealkylation sites (tertiary alicyclic amines) is 1. The SMILES string of the molecule is CCNC(=NCC1CN(C)CCO1)N1CCCC(C(=O)OCC)C1. The molecule has 2 aliphatic heterocycles. The van der Waals surface area contributed by atoms with Crippen molar-refractivity contribution in [3.05, 3.63) is 0 Å². The van der Waals surface area contributed by atoms with Crippen LogP contribution in [-0.4, -0.2) is 87.4 Å². The zero-order valence-corrected chi connectivity index (χ0v) is 15.3. The molecule has 0 radical (unpaired) electrons. The first-order valence-electron chi connectivity index (χ1n) is 9.14. The largest absolute Gasteiger partial charge is 0.466 e. The maximum atomic E-state index is 12.0. The van der Waals surface area contributed by atoms with E-state index in [0.29, 0.717) is 19.7 Å². The van der Waals surface area contributed by atoms with E-state index in [4.69, 9.17) is 14.5 Å². The maximum Gasteiger partial charge on any atom is 0.310 e. The molecule has 24 heavy (non-hydrogen) atoms. The number of rotatable bonds is 5. The molecule has 2 aliphatic rings. The minimum Gasteiger partial charge on any atom is -0.466 e. The zero-order chi connectivity index (χ0) is 17.4. The number of ether oxygens (including phenoxy) is 2. The van der Waals surface area contributed by atoms with E-state index in [1.54, 1.807) is 0 Å². The molecule has 2 rings (SSSR count). The highest BCUT2D eigenvalue weighted by molar-refractivity contribution is 5.81. The number of morpholine rings is 1. The first-order chi connectivity index (χ1) is 11.6. The predicted octanol–water partition coefficient (Wildman–Crippen LogP) is 0.558. The smallest absolute Gasteiger partial charge is 0.310 e. The van der Waals surface area contributed by atoms with Crippen molar-refractivity contribution >= 4 is 11.9 Å². The van der Waals surface area contributed by atoms with Crippen molar-refractivity contribution in [1.29, 1.82) is 0 Å². The Bertz CT molecular complexity index is 430. The zero-order valence-electron chi connectivity index (χ0n) is 15.3. The molecule has 0 aromatic rings. The van der Waals surface area contributed by atoms with Crippen LogP contribution in [0.3, 0.4) is 0 Å². The Morgan fingerprint density at radius 2 is 2.17 bits per heavy atom. The molecule has 2 heterocycles. The highest BCUT2D eigenvalue weighted by Crippen LogP contribution is 2.18. The van der Waals surface area contributed by atoms with Gasteiger partial charge in [0.15, 0.2) is 5.96 Å². The minimum absolute atomic E-state index is 0.0559. The second kappa shape index (κ2) is 9.84. The summed E-state index contributed by atoms with van der Waals surface area (Å²) in [5.74, 6) is 0.734. The summed E-state index contributed by atoms with van der Waals surface area (Å²) < 4.78 is 11.0. The Labute approximate surface area is 145 Å². The van der Waals surface area contributed by atoms with E-state index in [2.05, 4.69) is 29.1 Å². The summed E-state index contributed by atoms with van der Waals surface area (Å²) in [6, 6.07) is 0. The molecular formula is C17H32N4O3. The van der Waals surface area contributed by atoms with Crippen LogP contribution >= 0.6 is 0 Å². The number of hydrogen-bond acceptors (Lipinski definition) is 5. The maximum absolute atomic E-state index is 12.0. The quantitative estimate of drug-likeness (QED) is 0.448. The van der Waals surface area contributed by atoms with Crippen LogP contribution in [-0.2, 0) is 14.3 Å². The lowest BCUT2D eigenvalue weighted by Gasteiger charge is -2.34. The first kappa shape index (κ1) is 19.0. The van der Waals surface area contributed by atoms with Crippen LogP contribution in [0, 0.1) is 5.92 Å². The fourth-order valence-electron chi connectivity index (χ4n) is 3.21. The van der Waals surface area contributed by atoms with Crippen molar-refractivity contribution in [2.24, 2.45) is 10.9 Å². The number of piperidine rings is 1. The fourth-order valence-corrected chi connectivity index (χ4v) is 3.21. The number of esters is 1. The number of likely N-dealkylation sites (N-methyl/N-ethyl adjacent to an activating group) is 1. The van der Waals surface area contributed by atoms with Gasteiger partial charge in [0.2, 0.25) is 0 Å². The molecular weight excluding hydrogens is 308 g/mol. The van der Waals surface area contributed by atoms with Gasteiger partial charge < -0.3 is 24.6 Å².